The van der Waals surface area contributed by atoms with Gasteiger partial charge in [0.25, 0.3) is 11.5 Å². The van der Waals surface area contributed by atoms with Gasteiger partial charge in [0.05, 0.1) is 25.2 Å². The number of fused-ring (bicyclic) bond motifs is 1. The summed E-state index contributed by atoms with van der Waals surface area (Å²) in [6.07, 6.45) is 3.65. The second-order valence-electron chi connectivity index (χ2n) is 6.28. The lowest BCUT2D eigenvalue weighted by Crippen LogP contribution is -2.31. The number of nitrogens with zero attached hydrogens (tertiary/aromatic N) is 1. The highest BCUT2D eigenvalue weighted by Gasteiger charge is 2.18. The Morgan fingerprint density at radius 2 is 1.65 bits per heavy atom. The van der Waals surface area contributed by atoms with Crippen LogP contribution in [0.4, 0.5) is 0 Å². The van der Waals surface area contributed by atoms with E-state index in [1.807, 2.05) is 6.92 Å². The highest BCUT2D eigenvalue weighted by Crippen LogP contribution is 2.32. The lowest BCUT2D eigenvalue weighted by Gasteiger charge is -2.16. The molecule has 0 aliphatic heterocycles. The van der Waals surface area contributed by atoms with Crippen LogP contribution in [-0.4, -0.2) is 31.2 Å². The van der Waals surface area contributed by atoms with Gasteiger partial charge in [0.1, 0.15) is 0 Å². The molecular weight excluding hydrogens is 332 g/mol. The normalized spacial score (nSPS) is 11.0. The molecule has 1 N–H and O–H groups in total. The highest BCUT2D eigenvalue weighted by atomic mass is 16.5. The average molecular weight is 360 g/mol. The molecule has 1 aromatic heterocycles. The molecule has 6 nitrogen and oxygen atoms in total. The van der Waals surface area contributed by atoms with Crippen LogP contribution >= 0.6 is 0 Å². The van der Waals surface area contributed by atoms with Crippen LogP contribution in [-0.2, 0) is 6.54 Å². The van der Waals surface area contributed by atoms with Crippen LogP contribution in [0.5, 0.6) is 11.5 Å². The number of benzene rings is 1. The van der Waals surface area contributed by atoms with Gasteiger partial charge in [-0.1, -0.05) is 26.7 Å². The summed E-state index contributed by atoms with van der Waals surface area (Å²) in [6, 6.07) is 3.34. The van der Waals surface area contributed by atoms with E-state index in [2.05, 4.69) is 19.2 Å². The van der Waals surface area contributed by atoms with Crippen molar-refractivity contribution in [3.63, 3.8) is 0 Å². The van der Waals surface area contributed by atoms with Crippen LogP contribution in [0.25, 0.3) is 10.8 Å². The summed E-state index contributed by atoms with van der Waals surface area (Å²) in [7, 11) is 3.05. The van der Waals surface area contributed by atoms with E-state index in [0.717, 1.165) is 12.8 Å². The molecule has 0 aliphatic carbocycles. The van der Waals surface area contributed by atoms with Crippen molar-refractivity contribution in [1.29, 1.82) is 0 Å². The van der Waals surface area contributed by atoms with Gasteiger partial charge in [-0.15, -0.1) is 0 Å². The minimum atomic E-state index is -0.184. The van der Waals surface area contributed by atoms with Crippen molar-refractivity contribution in [3.05, 3.63) is 34.2 Å². The van der Waals surface area contributed by atoms with Crippen LogP contribution in [0.1, 0.15) is 44.0 Å². The molecule has 0 spiro atoms. The van der Waals surface area contributed by atoms with Gasteiger partial charge < -0.3 is 19.4 Å². The summed E-state index contributed by atoms with van der Waals surface area (Å²) in [5.41, 5.74) is 0.313. The summed E-state index contributed by atoms with van der Waals surface area (Å²) in [5.74, 6) is 1.21. The standard InChI is InChI=1S/C20H28N2O4/c1-6-13(7-2)11-21-19(23)16-12-22(8-3)20(24)15-10-18(26-5)17(25-4)9-14(15)16/h9-10,12-13H,6-8,11H2,1-5H3,(H,21,23). The van der Waals surface area contributed by atoms with Gasteiger partial charge in [-0.2, -0.15) is 0 Å². The molecule has 1 aromatic carbocycles. The van der Waals surface area contributed by atoms with Crippen LogP contribution < -0.4 is 20.3 Å². The van der Waals surface area contributed by atoms with Gasteiger partial charge in [-0.3, -0.25) is 9.59 Å². The third-order valence-electron chi connectivity index (χ3n) is 4.88. The molecule has 6 heteroatoms. The third-order valence-corrected chi connectivity index (χ3v) is 4.88. The van der Waals surface area contributed by atoms with E-state index in [9.17, 15) is 9.59 Å². The monoisotopic (exact) mass is 360 g/mol. The zero-order chi connectivity index (χ0) is 19.3. The molecule has 0 aliphatic rings. The Balaban J connectivity index is 2.58. The molecule has 2 aromatic rings. The van der Waals surface area contributed by atoms with Crippen molar-refractivity contribution < 1.29 is 14.3 Å². The van der Waals surface area contributed by atoms with Crippen molar-refractivity contribution in [2.75, 3.05) is 20.8 Å². The fourth-order valence-electron chi connectivity index (χ4n) is 3.04. The maximum absolute atomic E-state index is 12.8. The van der Waals surface area contributed by atoms with Gasteiger partial charge in [-0.25, -0.2) is 0 Å². The Labute approximate surface area is 154 Å². The number of aromatic nitrogens is 1. The first-order valence-corrected chi connectivity index (χ1v) is 9.07. The Bertz CT molecular complexity index is 838. The molecule has 0 radical (unpaired) electrons. The number of nitrogens with one attached hydrogen (secondary N) is 1. The first-order chi connectivity index (χ1) is 12.5. The second kappa shape index (κ2) is 8.74. The van der Waals surface area contributed by atoms with Crippen LogP contribution in [0.3, 0.4) is 0 Å². The molecule has 0 fully saturated rings. The molecule has 1 amide bonds. The van der Waals surface area contributed by atoms with E-state index >= 15 is 0 Å². The van der Waals surface area contributed by atoms with E-state index in [1.165, 1.54) is 14.2 Å². The molecular formula is C20H28N2O4. The largest absolute Gasteiger partial charge is 0.493 e. The zero-order valence-corrected chi connectivity index (χ0v) is 16.2. The van der Waals surface area contributed by atoms with E-state index in [4.69, 9.17) is 9.47 Å². The number of carbonyl (C=O) groups is 1. The number of pyridine rings is 1. The smallest absolute Gasteiger partial charge is 0.258 e. The Morgan fingerprint density at radius 3 is 2.15 bits per heavy atom. The Hall–Kier alpha value is -2.50. The summed E-state index contributed by atoms with van der Waals surface area (Å²) in [5, 5.41) is 4.02. The molecule has 2 rings (SSSR count). The van der Waals surface area contributed by atoms with Gasteiger partial charge in [0.2, 0.25) is 0 Å². The lowest BCUT2D eigenvalue weighted by molar-refractivity contribution is 0.0947. The van der Waals surface area contributed by atoms with Crippen molar-refractivity contribution in [1.82, 2.24) is 9.88 Å². The van der Waals surface area contributed by atoms with Crippen molar-refractivity contribution in [3.8, 4) is 11.5 Å². The Kier molecular flexibility index (Phi) is 6.66. The van der Waals surface area contributed by atoms with E-state index in [0.29, 0.717) is 46.8 Å². The fraction of sp³-hybridized carbons (Fsp3) is 0.500. The highest BCUT2D eigenvalue weighted by molar-refractivity contribution is 6.07. The minimum Gasteiger partial charge on any atom is -0.493 e. The molecule has 0 saturated carbocycles. The Morgan fingerprint density at radius 1 is 1.08 bits per heavy atom. The van der Waals surface area contributed by atoms with Crippen molar-refractivity contribution >= 4 is 16.7 Å². The van der Waals surface area contributed by atoms with E-state index < -0.39 is 0 Å². The van der Waals surface area contributed by atoms with Crippen molar-refractivity contribution in [2.24, 2.45) is 5.92 Å². The number of rotatable bonds is 8. The quantitative estimate of drug-likeness (QED) is 0.785. The van der Waals surface area contributed by atoms with Gasteiger partial charge in [-0.05, 0) is 25.0 Å². The number of ether oxygens (including phenoxy) is 2. The molecule has 0 bridgehead atoms. The van der Waals surface area contributed by atoms with E-state index in [-0.39, 0.29) is 11.5 Å². The molecule has 0 saturated heterocycles. The van der Waals surface area contributed by atoms with Crippen LogP contribution in [0.15, 0.2) is 23.1 Å². The topological polar surface area (TPSA) is 69.6 Å². The molecule has 26 heavy (non-hydrogen) atoms. The van der Waals surface area contributed by atoms with Crippen molar-refractivity contribution in [2.45, 2.75) is 40.2 Å². The predicted molar refractivity (Wildman–Crippen MR) is 103 cm³/mol. The minimum absolute atomic E-state index is 0.153. The first-order valence-electron chi connectivity index (χ1n) is 9.07. The third kappa shape index (κ3) is 3.84. The molecule has 142 valence electrons. The fourth-order valence-corrected chi connectivity index (χ4v) is 3.04. The van der Waals surface area contributed by atoms with Crippen LogP contribution in [0, 0.1) is 5.92 Å². The first kappa shape index (κ1) is 19.8. The number of aryl methyl sites for hydroxylation is 1. The summed E-state index contributed by atoms with van der Waals surface area (Å²) >= 11 is 0. The maximum Gasteiger partial charge on any atom is 0.258 e. The second-order valence-corrected chi connectivity index (χ2v) is 6.28. The van der Waals surface area contributed by atoms with E-state index in [1.54, 1.807) is 22.9 Å². The SMILES string of the molecule is CCC(CC)CNC(=O)c1cn(CC)c(=O)c2cc(OC)c(OC)cc12. The molecule has 0 atom stereocenters. The number of hydrogen-bond donors (Lipinski definition) is 1. The van der Waals surface area contributed by atoms with Gasteiger partial charge in [0, 0.05) is 24.7 Å². The summed E-state index contributed by atoms with van der Waals surface area (Å²) in [4.78, 5) is 25.5. The number of carbonyl (C=O) groups excluding carboxylic acids is 1. The summed E-state index contributed by atoms with van der Waals surface area (Å²) < 4.78 is 12.2. The lowest BCUT2D eigenvalue weighted by atomic mass is 10.0. The molecule has 1 heterocycles. The number of amides is 1. The zero-order valence-electron chi connectivity index (χ0n) is 16.2. The maximum atomic E-state index is 12.8. The predicted octanol–water partition coefficient (Wildman–Crippen LogP) is 3.20. The van der Waals surface area contributed by atoms with Gasteiger partial charge >= 0.3 is 0 Å². The number of methoxy groups -OCH3 is 2. The van der Waals surface area contributed by atoms with Crippen LogP contribution in [0.2, 0.25) is 0 Å². The average Bonchev–Trinajstić information content (AvgIpc) is 2.67. The summed E-state index contributed by atoms with van der Waals surface area (Å²) in [6.45, 7) is 7.20. The van der Waals surface area contributed by atoms with Gasteiger partial charge in [0.15, 0.2) is 11.5 Å². The number of hydrogen-bond acceptors (Lipinski definition) is 4. The molecule has 0 unspecified atom stereocenters.